The Hall–Kier alpha value is -1.56. The number of nitrogens with two attached hydrogens (primary N) is 1. The molecule has 0 spiro atoms. The Balaban J connectivity index is 0.00000486. The Bertz CT molecular complexity index is 1690. The summed E-state index contributed by atoms with van der Waals surface area (Å²) in [5.74, 6) is -8.02. The predicted octanol–water partition coefficient (Wildman–Crippen LogP) is -13.2. The summed E-state index contributed by atoms with van der Waals surface area (Å²) < 4.78 is -2.10. The minimum absolute atomic E-state index is 0. The largest absolute Gasteiger partial charge is 1.00 e. The Labute approximate surface area is 385 Å². The van der Waals surface area contributed by atoms with Gasteiger partial charge in [-0.05, 0) is 63.1 Å². The molecular weight excluding hydrogens is 777 g/mol. The molecule has 2 saturated heterocycles. The fourth-order valence-electron chi connectivity index (χ4n) is 5.67. The van der Waals surface area contributed by atoms with Crippen LogP contribution in [0.5, 0.6) is 11.5 Å². The molecule has 2 aliphatic rings. The quantitative estimate of drug-likeness (QED) is 0.0871. The molecular formula is C32H37N6Na3O11S2. The van der Waals surface area contributed by atoms with Gasteiger partial charge in [0.05, 0.1) is 46.8 Å². The number of amides is 3. The van der Waals surface area contributed by atoms with Crippen molar-refractivity contribution in [2.75, 3.05) is 0 Å². The van der Waals surface area contributed by atoms with Crippen LogP contribution in [-0.4, -0.2) is 90.3 Å². The third-order valence-corrected chi connectivity index (χ3v) is 11.4. The molecule has 0 bridgehead atoms. The number of nitrogens with one attached hydrogen (secondary N) is 5. The number of rotatable bonds is 13. The van der Waals surface area contributed by atoms with E-state index in [0.717, 1.165) is 23.5 Å². The van der Waals surface area contributed by atoms with Crippen molar-refractivity contribution in [2.45, 2.75) is 84.2 Å². The average Bonchev–Trinajstić information content (AvgIpc) is 3.55. The van der Waals surface area contributed by atoms with E-state index in [1.165, 1.54) is 48.5 Å². The molecule has 0 radical (unpaired) electrons. The summed E-state index contributed by atoms with van der Waals surface area (Å²) in [5.41, 5.74) is 6.48. The zero-order valence-corrected chi connectivity index (χ0v) is 38.3. The van der Waals surface area contributed by atoms with E-state index < -0.39 is 92.1 Å². The zero-order valence-electron chi connectivity index (χ0n) is 30.7. The van der Waals surface area contributed by atoms with Gasteiger partial charge >= 0.3 is 88.7 Å². The van der Waals surface area contributed by atoms with Crippen molar-refractivity contribution in [3.63, 3.8) is 0 Å². The van der Waals surface area contributed by atoms with Crippen LogP contribution in [0.2, 0.25) is 0 Å². The van der Waals surface area contributed by atoms with Gasteiger partial charge in [-0.1, -0.05) is 24.3 Å². The van der Waals surface area contributed by atoms with Crippen LogP contribution in [0.15, 0.2) is 48.5 Å². The van der Waals surface area contributed by atoms with E-state index >= 15 is 0 Å². The summed E-state index contributed by atoms with van der Waals surface area (Å²) in [6, 6.07) is 1.30. The predicted molar refractivity (Wildman–Crippen MR) is 178 cm³/mol. The number of carbonyl (C=O) groups excluding carboxylic acids is 6. The average molecular weight is 815 g/mol. The van der Waals surface area contributed by atoms with Crippen LogP contribution in [0.25, 0.3) is 0 Å². The molecule has 0 saturated carbocycles. The number of carboxylic acid groups (broad SMARTS) is 3. The van der Waals surface area contributed by atoms with Gasteiger partial charge in [0.1, 0.15) is 29.6 Å². The maximum Gasteiger partial charge on any atom is 1.00 e. The number of hydrogen-bond donors (Lipinski definition) is 8. The Morgan fingerprint density at radius 1 is 0.648 bits per heavy atom. The van der Waals surface area contributed by atoms with Crippen molar-refractivity contribution < 1.29 is 143 Å². The number of aromatic hydroxyl groups is 2. The first-order chi connectivity index (χ1) is 23.7. The number of carbonyl (C=O) groups is 6. The number of phenols is 2. The maximum atomic E-state index is 14.1. The third kappa shape index (κ3) is 12.2. The summed E-state index contributed by atoms with van der Waals surface area (Å²) in [5, 5.41) is 65.8. The number of hydrogen-bond acceptors (Lipinski definition) is 16. The van der Waals surface area contributed by atoms with Crippen molar-refractivity contribution in [3.8, 4) is 11.5 Å². The SMILES string of the molecule is CC1(C)S[C@H]([C@H](NC(=O)[C@H](NC(=O)[C@@H](NC(=O)[C@H](N)c2ccc(O)cc2)[C@@H]2N[C@@H](C(=O)[O-])C(C)(C)S2)c2ccc(O)cc2)C(=O)[O-])N[C@H]1C(=O)[O-].[Na+].[Na+].[Na+]. The van der Waals surface area contributed by atoms with Gasteiger partial charge in [-0.3, -0.25) is 25.0 Å². The maximum absolute atomic E-state index is 14.1. The van der Waals surface area contributed by atoms with Crippen LogP contribution in [0.4, 0.5) is 0 Å². The molecule has 9 N–H and O–H groups in total. The summed E-state index contributed by atoms with van der Waals surface area (Å²) in [7, 11) is 0. The van der Waals surface area contributed by atoms with E-state index in [1.807, 2.05) is 0 Å². The standard InChI is InChI=1S/C32H40N6O11S2.3Na/c1-31(2)21(29(46)47)37-26(50-31)19(35-23(41)17(33)13-5-9-15(39)10-6-13)25(43)34-18(14-7-11-16(40)12-8-14)24(42)36-20(28(44)45)27-38-22(30(48)49)32(3,4)51-27;;;/h5-12,17-22,26-27,37-40H,33H2,1-4H3,(H,34,43)(H,35,41)(H,36,42)(H,44,45)(H,46,47)(H,48,49);;;/q;3*+1/p-3/t17-,18-,19-,20+,21+,22+,26-,27-;;;/m1.../s1. The summed E-state index contributed by atoms with van der Waals surface area (Å²) in [6.07, 6.45) is 0. The van der Waals surface area contributed by atoms with Gasteiger partial charge in [-0.25, -0.2) is 0 Å². The van der Waals surface area contributed by atoms with Crippen molar-refractivity contribution in [3.05, 3.63) is 59.7 Å². The van der Waals surface area contributed by atoms with E-state index in [1.54, 1.807) is 27.7 Å². The minimum atomic E-state index is -1.82. The second-order valence-corrected chi connectivity index (χ2v) is 16.6. The summed E-state index contributed by atoms with van der Waals surface area (Å²) in [4.78, 5) is 77.4. The van der Waals surface area contributed by atoms with Gasteiger partial charge < -0.3 is 61.6 Å². The van der Waals surface area contributed by atoms with Crippen LogP contribution in [0.3, 0.4) is 0 Å². The number of carboxylic acids is 3. The van der Waals surface area contributed by atoms with Crippen LogP contribution >= 0.6 is 23.5 Å². The molecule has 17 nitrogen and oxygen atoms in total. The number of thioether (sulfide) groups is 2. The summed E-state index contributed by atoms with van der Waals surface area (Å²) in [6.45, 7) is 6.25. The van der Waals surface area contributed by atoms with E-state index in [0.29, 0.717) is 0 Å². The normalized spacial score (nSPS) is 23.0. The van der Waals surface area contributed by atoms with E-state index in [9.17, 15) is 54.3 Å². The molecule has 0 aliphatic carbocycles. The molecule has 3 amide bonds. The van der Waals surface area contributed by atoms with Crippen LogP contribution in [0, 0.1) is 0 Å². The van der Waals surface area contributed by atoms with Gasteiger partial charge in [0, 0.05) is 9.49 Å². The van der Waals surface area contributed by atoms with Gasteiger partial charge in [0.2, 0.25) is 17.7 Å². The monoisotopic (exact) mass is 814 g/mol. The van der Waals surface area contributed by atoms with Crippen LogP contribution < -0.4 is 136 Å². The van der Waals surface area contributed by atoms with Crippen molar-refractivity contribution in [2.24, 2.45) is 5.73 Å². The topological polar surface area (TPSA) is 298 Å². The Morgan fingerprint density at radius 3 is 1.43 bits per heavy atom. The Kier molecular flexibility index (Phi) is 19.4. The van der Waals surface area contributed by atoms with Gasteiger partial charge in [0.25, 0.3) is 0 Å². The van der Waals surface area contributed by atoms with Gasteiger partial charge in [-0.2, -0.15) is 0 Å². The summed E-state index contributed by atoms with van der Waals surface area (Å²) >= 11 is 1.91. The molecule has 22 heteroatoms. The molecule has 54 heavy (non-hydrogen) atoms. The first-order valence-corrected chi connectivity index (χ1v) is 17.2. The van der Waals surface area contributed by atoms with Gasteiger partial charge in [0.15, 0.2) is 0 Å². The second-order valence-electron chi connectivity index (χ2n) is 13.0. The fraction of sp³-hybridized carbons (Fsp3) is 0.438. The molecule has 0 aromatic heterocycles. The van der Waals surface area contributed by atoms with Crippen LogP contribution in [0.1, 0.15) is 50.9 Å². The van der Waals surface area contributed by atoms with E-state index in [4.69, 9.17) is 5.73 Å². The van der Waals surface area contributed by atoms with Crippen molar-refractivity contribution in [1.29, 1.82) is 0 Å². The molecule has 2 heterocycles. The third-order valence-electron chi connectivity index (χ3n) is 8.43. The molecule has 8 atom stereocenters. The van der Waals surface area contributed by atoms with E-state index in [-0.39, 0.29) is 111 Å². The van der Waals surface area contributed by atoms with Gasteiger partial charge in [-0.15, -0.1) is 23.5 Å². The minimum Gasteiger partial charge on any atom is -0.548 e. The molecule has 4 rings (SSSR count). The number of phenolic OH excluding ortho intramolecular Hbond substituents is 2. The molecule has 2 fully saturated rings. The first-order valence-electron chi connectivity index (χ1n) is 15.5. The smallest absolute Gasteiger partial charge is 0.548 e. The first kappa shape index (κ1) is 50.5. The van der Waals surface area contributed by atoms with Crippen molar-refractivity contribution >= 4 is 59.2 Å². The molecule has 2 aromatic rings. The molecule has 0 unspecified atom stereocenters. The molecule has 276 valence electrons. The van der Waals surface area contributed by atoms with E-state index in [2.05, 4.69) is 26.6 Å². The Morgan fingerprint density at radius 2 is 1.04 bits per heavy atom. The van der Waals surface area contributed by atoms with Crippen molar-refractivity contribution in [1.82, 2.24) is 26.6 Å². The molecule has 2 aliphatic heterocycles. The molecule has 2 aromatic carbocycles. The fourth-order valence-corrected chi connectivity index (χ4v) is 8.63. The zero-order chi connectivity index (χ0) is 38.0. The number of aliphatic carboxylic acids is 3. The number of benzene rings is 2. The second kappa shape index (κ2) is 20.7. The van der Waals surface area contributed by atoms with Crippen LogP contribution in [-0.2, 0) is 28.8 Å².